The van der Waals surface area contributed by atoms with Crippen molar-refractivity contribution in [2.75, 3.05) is 19.6 Å². The Morgan fingerprint density at radius 1 is 1.48 bits per heavy atom. The van der Waals surface area contributed by atoms with Gasteiger partial charge in [0.1, 0.15) is 5.82 Å². The van der Waals surface area contributed by atoms with Crippen molar-refractivity contribution in [2.24, 2.45) is 13.0 Å². The second-order valence-corrected chi connectivity index (χ2v) is 6.50. The Kier molecular flexibility index (Phi) is 6.81. The molecule has 1 aliphatic rings. The van der Waals surface area contributed by atoms with Gasteiger partial charge in [-0.15, -0.1) is 12.4 Å². The van der Waals surface area contributed by atoms with E-state index in [1.165, 1.54) is 12.1 Å². The molecule has 0 spiro atoms. The van der Waals surface area contributed by atoms with E-state index in [2.05, 4.69) is 15.7 Å². The minimum atomic E-state index is -0.357. The third-order valence-corrected chi connectivity index (χ3v) is 4.76. The molecule has 8 heteroatoms. The summed E-state index contributed by atoms with van der Waals surface area (Å²) in [6.07, 6.45) is 4.34. The molecule has 2 aromatic rings. The van der Waals surface area contributed by atoms with E-state index in [9.17, 15) is 9.18 Å². The molecule has 2 N–H and O–H groups in total. The summed E-state index contributed by atoms with van der Waals surface area (Å²) < 4.78 is 14.8. The molecule has 2 heterocycles. The normalized spacial score (nSPS) is 19.5. The van der Waals surface area contributed by atoms with Gasteiger partial charge in [-0.05, 0) is 29.7 Å². The predicted molar refractivity (Wildman–Crippen MR) is 97.7 cm³/mol. The number of amides is 1. The van der Waals surface area contributed by atoms with E-state index in [0.29, 0.717) is 24.5 Å². The van der Waals surface area contributed by atoms with Crippen LogP contribution in [0.1, 0.15) is 17.0 Å². The number of nitrogens with one attached hydrogen (secondary N) is 2. The van der Waals surface area contributed by atoms with Gasteiger partial charge in [-0.1, -0.05) is 17.7 Å². The van der Waals surface area contributed by atoms with Crippen LogP contribution in [0.2, 0.25) is 5.02 Å². The van der Waals surface area contributed by atoms with Crippen LogP contribution in [-0.2, 0) is 18.3 Å². The second-order valence-electron chi connectivity index (χ2n) is 6.10. The predicted octanol–water partition coefficient (Wildman–Crippen LogP) is 2.30. The molecule has 136 valence electrons. The molecule has 0 bridgehead atoms. The van der Waals surface area contributed by atoms with E-state index in [1.54, 1.807) is 10.7 Å². The van der Waals surface area contributed by atoms with Crippen LogP contribution in [0, 0.1) is 11.7 Å². The maximum atomic E-state index is 13.0. The zero-order valence-electron chi connectivity index (χ0n) is 13.8. The molecule has 0 radical (unpaired) electrons. The molecule has 1 aromatic heterocycles. The molecule has 1 saturated heterocycles. The van der Waals surface area contributed by atoms with E-state index < -0.39 is 0 Å². The van der Waals surface area contributed by atoms with Gasteiger partial charge in [0.25, 0.3) is 0 Å². The van der Waals surface area contributed by atoms with Crippen LogP contribution in [0.25, 0.3) is 0 Å². The SMILES string of the molecule is Cl.Cn1cc([C@H]2CNC[C@@H]2C(=O)NCCc2ccc(F)cc2Cl)cn1. The van der Waals surface area contributed by atoms with Gasteiger partial charge in [-0.3, -0.25) is 9.48 Å². The summed E-state index contributed by atoms with van der Waals surface area (Å²) in [6, 6.07) is 4.32. The van der Waals surface area contributed by atoms with Crippen LogP contribution < -0.4 is 10.6 Å². The number of hydrogen-bond donors (Lipinski definition) is 2. The van der Waals surface area contributed by atoms with Crippen LogP contribution in [-0.4, -0.2) is 35.3 Å². The van der Waals surface area contributed by atoms with E-state index >= 15 is 0 Å². The lowest BCUT2D eigenvalue weighted by Crippen LogP contribution is -2.35. The molecule has 25 heavy (non-hydrogen) atoms. The first kappa shape index (κ1) is 19.7. The second kappa shape index (κ2) is 8.65. The van der Waals surface area contributed by atoms with Crippen LogP contribution in [0.5, 0.6) is 0 Å². The molecule has 2 atom stereocenters. The molecular weight excluding hydrogens is 366 g/mol. The fourth-order valence-electron chi connectivity index (χ4n) is 3.11. The summed E-state index contributed by atoms with van der Waals surface area (Å²) in [5.74, 6) is -0.317. The van der Waals surface area contributed by atoms with Crippen molar-refractivity contribution in [2.45, 2.75) is 12.3 Å². The number of carbonyl (C=O) groups excluding carboxylic acids is 1. The number of rotatable bonds is 5. The molecule has 1 aromatic carbocycles. The van der Waals surface area contributed by atoms with Crippen LogP contribution in [0.4, 0.5) is 4.39 Å². The summed E-state index contributed by atoms with van der Waals surface area (Å²) in [5, 5.41) is 10.8. The third-order valence-electron chi connectivity index (χ3n) is 4.41. The molecule has 1 amide bonds. The van der Waals surface area contributed by atoms with Gasteiger partial charge in [0.15, 0.2) is 0 Å². The van der Waals surface area contributed by atoms with Crippen molar-refractivity contribution in [3.05, 3.63) is 52.6 Å². The quantitative estimate of drug-likeness (QED) is 0.828. The number of carbonyl (C=O) groups is 1. The Labute approximate surface area is 157 Å². The summed E-state index contributed by atoms with van der Waals surface area (Å²) in [7, 11) is 1.87. The van der Waals surface area contributed by atoms with E-state index in [-0.39, 0.29) is 36.0 Å². The molecule has 1 aliphatic heterocycles. The Hall–Kier alpha value is -1.63. The topological polar surface area (TPSA) is 59.0 Å². The fourth-order valence-corrected chi connectivity index (χ4v) is 3.37. The molecule has 0 unspecified atom stereocenters. The molecule has 0 aliphatic carbocycles. The number of nitrogens with zero attached hydrogens (tertiary/aromatic N) is 2. The highest BCUT2D eigenvalue weighted by Crippen LogP contribution is 2.27. The van der Waals surface area contributed by atoms with Gasteiger partial charge in [-0.2, -0.15) is 5.10 Å². The third kappa shape index (κ3) is 4.71. The van der Waals surface area contributed by atoms with Crippen molar-refractivity contribution in [3.8, 4) is 0 Å². The number of aryl methyl sites for hydroxylation is 1. The minimum absolute atomic E-state index is 0. The number of aromatic nitrogens is 2. The Balaban J connectivity index is 0.00000225. The molecular formula is C17H21Cl2FN4O. The molecule has 5 nitrogen and oxygen atoms in total. The van der Waals surface area contributed by atoms with Crippen LogP contribution in [0.15, 0.2) is 30.6 Å². The highest BCUT2D eigenvalue weighted by atomic mass is 35.5. The maximum Gasteiger partial charge on any atom is 0.225 e. The van der Waals surface area contributed by atoms with Gasteiger partial charge in [0, 0.05) is 43.8 Å². The van der Waals surface area contributed by atoms with Crippen molar-refractivity contribution in [3.63, 3.8) is 0 Å². The minimum Gasteiger partial charge on any atom is -0.355 e. The highest BCUT2D eigenvalue weighted by molar-refractivity contribution is 6.31. The van der Waals surface area contributed by atoms with Gasteiger partial charge in [0.2, 0.25) is 5.91 Å². The lowest BCUT2D eigenvalue weighted by Gasteiger charge is -2.17. The monoisotopic (exact) mass is 386 g/mol. The van der Waals surface area contributed by atoms with Gasteiger partial charge in [-0.25, -0.2) is 4.39 Å². The molecule has 3 rings (SSSR count). The summed E-state index contributed by atoms with van der Waals surface area (Å²) in [5.41, 5.74) is 1.90. The van der Waals surface area contributed by atoms with E-state index in [4.69, 9.17) is 11.6 Å². The average molecular weight is 387 g/mol. The van der Waals surface area contributed by atoms with Crippen molar-refractivity contribution < 1.29 is 9.18 Å². The zero-order valence-corrected chi connectivity index (χ0v) is 15.4. The lowest BCUT2D eigenvalue weighted by molar-refractivity contribution is -0.124. The van der Waals surface area contributed by atoms with Crippen LogP contribution in [0.3, 0.4) is 0 Å². The summed E-state index contributed by atoms with van der Waals surface area (Å²) in [4.78, 5) is 12.5. The van der Waals surface area contributed by atoms with Gasteiger partial charge < -0.3 is 10.6 Å². The van der Waals surface area contributed by atoms with Crippen LogP contribution >= 0.6 is 24.0 Å². The standard InChI is InChI=1S/C17H20ClFN4O.ClH/c1-23-10-12(7-22-23)14-8-20-9-15(14)17(24)21-5-4-11-2-3-13(19)6-16(11)18;/h2-3,6-7,10,14-15,20H,4-5,8-9H2,1H3,(H,21,24);1H/t14-,15+;/m1./s1. The first-order valence-electron chi connectivity index (χ1n) is 7.95. The number of halogens is 3. The fraction of sp³-hybridized carbons (Fsp3) is 0.412. The van der Waals surface area contributed by atoms with Crippen molar-refractivity contribution in [1.29, 1.82) is 0 Å². The van der Waals surface area contributed by atoms with Crippen molar-refractivity contribution >= 4 is 29.9 Å². The number of hydrogen-bond acceptors (Lipinski definition) is 3. The first-order valence-corrected chi connectivity index (χ1v) is 8.33. The summed E-state index contributed by atoms with van der Waals surface area (Å²) in [6.45, 7) is 1.90. The Bertz CT molecular complexity index is 737. The van der Waals surface area contributed by atoms with E-state index in [1.807, 2.05) is 19.4 Å². The summed E-state index contributed by atoms with van der Waals surface area (Å²) >= 11 is 6.01. The average Bonchev–Trinajstić information content (AvgIpc) is 3.17. The lowest BCUT2D eigenvalue weighted by atomic mass is 9.90. The maximum absolute atomic E-state index is 13.0. The Morgan fingerprint density at radius 2 is 2.28 bits per heavy atom. The highest BCUT2D eigenvalue weighted by Gasteiger charge is 2.34. The van der Waals surface area contributed by atoms with E-state index in [0.717, 1.165) is 17.7 Å². The first-order chi connectivity index (χ1) is 11.5. The molecule has 1 fully saturated rings. The smallest absolute Gasteiger partial charge is 0.225 e. The molecule has 0 saturated carbocycles. The Morgan fingerprint density at radius 3 is 2.96 bits per heavy atom. The van der Waals surface area contributed by atoms with Crippen molar-refractivity contribution in [1.82, 2.24) is 20.4 Å². The largest absolute Gasteiger partial charge is 0.355 e. The van der Waals surface area contributed by atoms with Gasteiger partial charge >= 0.3 is 0 Å². The number of benzene rings is 1. The van der Waals surface area contributed by atoms with Gasteiger partial charge in [0.05, 0.1) is 12.1 Å². The zero-order chi connectivity index (χ0) is 17.1.